The summed E-state index contributed by atoms with van der Waals surface area (Å²) < 4.78 is 5.92. The number of hydrogen-bond acceptors (Lipinski definition) is 3. The van der Waals surface area contributed by atoms with Crippen LogP contribution in [0.1, 0.15) is 5.56 Å². The van der Waals surface area contributed by atoms with Crippen LogP contribution in [-0.4, -0.2) is 9.97 Å². The summed E-state index contributed by atoms with van der Waals surface area (Å²) in [6, 6.07) is 24.6. The van der Waals surface area contributed by atoms with E-state index in [2.05, 4.69) is 59.4 Å². The lowest BCUT2D eigenvalue weighted by Crippen LogP contribution is -1.86. The largest absolute Gasteiger partial charge is 0.436 e. The third kappa shape index (κ3) is 2.45. The van der Waals surface area contributed by atoms with Crippen LogP contribution < -0.4 is 0 Å². The van der Waals surface area contributed by atoms with E-state index in [9.17, 15) is 0 Å². The van der Waals surface area contributed by atoms with E-state index < -0.39 is 0 Å². The zero-order valence-corrected chi connectivity index (χ0v) is 14.3. The number of para-hydroxylation sites is 2. The third-order valence-electron chi connectivity index (χ3n) is 4.69. The molecule has 3 heteroatoms. The summed E-state index contributed by atoms with van der Waals surface area (Å²) >= 11 is 0. The normalized spacial score (nSPS) is 11.3. The Kier molecular flexibility index (Phi) is 3.32. The van der Waals surface area contributed by atoms with Crippen LogP contribution in [0.2, 0.25) is 0 Å². The number of oxazole rings is 1. The molecule has 0 atom stereocenters. The van der Waals surface area contributed by atoms with E-state index in [0.717, 1.165) is 44.3 Å². The number of aryl methyl sites for hydroxylation is 1. The molecule has 0 N–H and O–H groups in total. The molecule has 0 aliphatic heterocycles. The Morgan fingerprint density at radius 1 is 0.769 bits per heavy atom. The van der Waals surface area contributed by atoms with Crippen LogP contribution in [0, 0.1) is 6.92 Å². The molecule has 0 saturated carbocycles. The van der Waals surface area contributed by atoms with Gasteiger partial charge in [-0.05, 0) is 53.9 Å². The van der Waals surface area contributed by atoms with Crippen molar-refractivity contribution in [3.05, 3.63) is 84.6 Å². The van der Waals surface area contributed by atoms with Gasteiger partial charge in [0.15, 0.2) is 5.58 Å². The molecule has 5 rings (SSSR count). The molecule has 0 spiro atoms. The molecule has 0 fully saturated rings. The molecule has 0 unspecified atom stereocenters. The zero-order valence-electron chi connectivity index (χ0n) is 14.3. The summed E-state index contributed by atoms with van der Waals surface area (Å²) in [5.41, 5.74) is 7.17. The molecular weight excluding hydrogens is 320 g/mol. The molecule has 0 aliphatic carbocycles. The van der Waals surface area contributed by atoms with Crippen molar-refractivity contribution in [3.8, 4) is 22.6 Å². The first-order chi connectivity index (χ1) is 12.8. The van der Waals surface area contributed by atoms with Crippen LogP contribution in [-0.2, 0) is 0 Å². The number of pyridine rings is 1. The molecule has 124 valence electrons. The van der Waals surface area contributed by atoms with E-state index in [1.54, 1.807) is 0 Å². The summed E-state index contributed by atoms with van der Waals surface area (Å²) in [5, 5.41) is 1.15. The van der Waals surface area contributed by atoms with Gasteiger partial charge in [-0.1, -0.05) is 42.5 Å². The molecule has 0 saturated heterocycles. The number of fused-ring (bicyclic) bond motifs is 2. The summed E-state index contributed by atoms with van der Waals surface area (Å²) in [4.78, 5) is 9.06. The van der Waals surface area contributed by atoms with Crippen molar-refractivity contribution in [2.24, 2.45) is 0 Å². The smallest absolute Gasteiger partial charge is 0.227 e. The van der Waals surface area contributed by atoms with E-state index in [0.29, 0.717) is 5.89 Å². The van der Waals surface area contributed by atoms with Crippen molar-refractivity contribution >= 4 is 22.0 Å². The average molecular weight is 336 g/mol. The molecule has 2 aromatic heterocycles. The molecule has 5 aromatic rings. The standard InChI is InChI=1S/C23H16N2O/c1-15-13-17(18-9-8-16-5-4-12-24-21(16)14-18)10-11-19(15)23-25-20-6-2-3-7-22(20)26-23/h2-14H,1H3. The lowest BCUT2D eigenvalue weighted by atomic mass is 9.99. The predicted octanol–water partition coefficient (Wildman–Crippen LogP) is 6.02. The molecule has 0 bridgehead atoms. The topological polar surface area (TPSA) is 38.9 Å². The molecule has 3 nitrogen and oxygen atoms in total. The van der Waals surface area contributed by atoms with Gasteiger partial charge in [0.25, 0.3) is 0 Å². The minimum atomic E-state index is 0.662. The van der Waals surface area contributed by atoms with Crippen molar-refractivity contribution in [1.29, 1.82) is 0 Å². The van der Waals surface area contributed by atoms with Gasteiger partial charge in [0, 0.05) is 17.1 Å². The van der Waals surface area contributed by atoms with Crippen LogP contribution in [0.15, 0.2) is 83.4 Å². The molecule has 3 aromatic carbocycles. The minimum absolute atomic E-state index is 0.662. The quantitative estimate of drug-likeness (QED) is 0.396. The first kappa shape index (κ1) is 14.8. The van der Waals surface area contributed by atoms with Crippen LogP contribution in [0.4, 0.5) is 0 Å². The average Bonchev–Trinajstić information content (AvgIpc) is 3.11. The highest BCUT2D eigenvalue weighted by Crippen LogP contribution is 2.31. The highest BCUT2D eigenvalue weighted by atomic mass is 16.3. The molecule has 0 aliphatic rings. The van der Waals surface area contributed by atoms with E-state index in [1.807, 2.05) is 36.5 Å². The summed E-state index contributed by atoms with van der Waals surface area (Å²) in [6.45, 7) is 2.09. The summed E-state index contributed by atoms with van der Waals surface area (Å²) in [6.07, 6.45) is 1.83. The van der Waals surface area contributed by atoms with E-state index in [4.69, 9.17) is 4.42 Å². The Bertz CT molecular complexity index is 1220. The fourth-order valence-corrected chi connectivity index (χ4v) is 3.32. The van der Waals surface area contributed by atoms with Crippen molar-refractivity contribution in [1.82, 2.24) is 9.97 Å². The molecule has 0 amide bonds. The maximum atomic E-state index is 5.92. The van der Waals surface area contributed by atoms with Gasteiger partial charge in [0.2, 0.25) is 5.89 Å². The predicted molar refractivity (Wildman–Crippen MR) is 105 cm³/mol. The fraction of sp³-hybridized carbons (Fsp3) is 0.0435. The lowest BCUT2D eigenvalue weighted by molar-refractivity contribution is 0.619. The van der Waals surface area contributed by atoms with Crippen LogP contribution >= 0.6 is 0 Å². The minimum Gasteiger partial charge on any atom is -0.436 e. The number of nitrogens with zero attached hydrogens (tertiary/aromatic N) is 2. The first-order valence-corrected chi connectivity index (χ1v) is 8.60. The second-order valence-electron chi connectivity index (χ2n) is 6.43. The Balaban J connectivity index is 1.58. The van der Waals surface area contributed by atoms with Crippen LogP contribution in [0.5, 0.6) is 0 Å². The molecular formula is C23H16N2O. The van der Waals surface area contributed by atoms with Crippen molar-refractivity contribution in [3.63, 3.8) is 0 Å². The zero-order chi connectivity index (χ0) is 17.5. The van der Waals surface area contributed by atoms with Crippen molar-refractivity contribution in [2.75, 3.05) is 0 Å². The second kappa shape index (κ2) is 5.81. The number of rotatable bonds is 2. The molecule has 26 heavy (non-hydrogen) atoms. The first-order valence-electron chi connectivity index (χ1n) is 8.60. The monoisotopic (exact) mass is 336 g/mol. The number of aromatic nitrogens is 2. The Morgan fingerprint density at radius 3 is 2.50 bits per heavy atom. The Morgan fingerprint density at radius 2 is 1.62 bits per heavy atom. The van der Waals surface area contributed by atoms with Gasteiger partial charge in [0.05, 0.1) is 5.52 Å². The maximum absolute atomic E-state index is 5.92. The Hall–Kier alpha value is -3.46. The maximum Gasteiger partial charge on any atom is 0.227 e. The highest BCUT2D eigenvalue weighted by molar-refractivity contribution is 5.85. The number of hydrogen-bond donors (Lipinski definition) is 0. The van der Waals surface area contributed by atoms with Gasteiger partial charge in [-0.25, -0.2) is 4.98 Å². The van der Waals surface area contributed by atoms with E-state index in [1.165, 1.54) is 0 Å². The van der Waals surface area contributed by atoms with Crippen molar-refractivity contribution in [2.45, 2.75) is 6.92 Å². The SMILES string of the molecule is Cc1cc(-c2ccc3cccnc3c2)ccc1-c1nc2ccccc2o1. The van der Waals surface area contributed by atoms with Gasteiger partial charge in [-0.2, -0.15) is 0 Å². The van der Waals surface area contributed by atoms with Gasteiger partial charge >= 0.3 is 0 Å². The van der Waals surface area contributed by atoms with Gasteiger partial charge in [-0.15, -0.1) is 0 Å². The van der Waals surface area contributed by atoms with Gasteiger partial charge in [0.1, 0.15) is 5.52 Å². The fourth-order valence-electron chi connectivity index (χ4n) is 3.32. The molecule has 2 heterocycles. The molecule has 0 radical (unpaired) electrons. The van der Waals surface area contributed by atoms with Gasteiger partial charge < -0.3 is 4.42 Å². The van der Waals surface area contributed by atoms with E-state index in [-0.39, 0.29) is 0 Å². The Labute approximate surface area is 151 Å². The van der Waals surface area contributed by atoms with Crippen LogP contribution in [0.3, 0.4) is 0 Å². The second-order valence-corrected chi connectivity index (χ2v) is 6.43. The third-order valence-corrected chi connectivity index (χ3v) is 4.69. The van der Waals surface area contributed by atoms with E-state index >= 15 is 0 Å². The summed E-state index contributed by atoms with van der Waals surface area (Å²) in [5.74, 6) is 0.662. The van der Waals surface area contributed by atoms with Crippen molar-refractivity contribution < 1.29 is 4.42 Å². The number of benzene rings is 3. The summed E-state index contributed by atoms with van der Waals surface area (Å²) in [7, 11) is 0. The highest BCUT2D eigenvalue weighted by Gasteiger charge is 2.11. The van der Waals surface area contributed by atoms with Gasteiger partial charge in [-0.3, -0.25) is 4.98 Å². The van der Waals surface area contributed by atoms with Crippen LogP contribution in [0.25, 0.3) is 44.6 Å². The lowest BCUT2D eigenvalue weighted by Gasteiger charge is -2.07.